The van der Waals surface area contributed by atoms with Gasteiger partial charge in [-0.05, 0) is 39.8 Å². The van der Waals surface area contributed by atoms with E-state index in [2.05, 4.69) is 19.9 Å². The molecule has 1 amide bonds. The van der Waals surface area contributed by atoms with Crippen LogP contribution in [0.15, 0.2) is 24.3 Å². The van der Waals surface area contributed by atoms with E-state index in [0.717, 1.165) is 38.3 Å². The van der Waals surface area contributed by atoms with Crippen LogP contribution in [0.1, 0.15) is 43.6 Å². The smallest absolute Gasteiger partial charge is 0.253 e. The third-order valence-corrected chi connectivity index (χ3v) is 3.68. The first-order valence-electron chi connectivity index (χ1n) is 7.37. The summed E-state index contributed by atoms with van der Waals surface area (Å²) in [5.74, 6) is 0.140. The Balaban J connectivity index is 0.00000361. The lowest BCUT2D eigenvalue weighted by Gasteiger charge is -2.19. The summed E-state index contributed by atoms with van der Waals surface area (Å²) in [5.41, 5.74) is 2.06. The lowest BCUT2D eigenvalue weighted by atomic mass is 10.1. The van der Waals surface area contributed by atoms with Gasteiger partial charge in [0, 0.05) is 24.2 Å². The van der Waals surface area contributed by atoms with Gasteiger partial charge in [-0.15, -0.1) is 0 Å². The van der Waals surface area contributed by atoms with Crippen molar-refractivity contribution < 1.29 is 22.1 Å². The maximum atomic E-state index is 12.3. The number of rotatable bonds is 7. The van der Waals surface area contributed by atoms with Crippen molar-refractivity contribution in [3.8, 4) is 0 Å². The summed E-state index contributed by atoms with van der Waals surface area (Å²) in [6, 6.07) is 8.08. The standard InChI is InChI=1S/C16H26N2O.ClH/c1-5-17(6-2)13-14-10-9-11-15(12-14)16(19)18(7-3)8-4;/h9-12H,5-8,13H2,1-4H3;1H. The number of nitrogens with zero attached hydrogens (tertiary/aromatic N) is 1. The molecule has 1 aromatic rings. The molecule has 0 fully saturated rings. The molecule has 0 radical (unpaired) electrons. The zero-order valence-electron chi connectivity index (χ0n) is 13.1. The lowest BCUT2D eigenvalue weighted by molar-refractivity contribution is -0.910. The van der Waals surface area contributed by atoms with Crippen LogP contribution in [0.3, 0.4) is 0 Å². The van der Waals surface area contributed by atoms with E-state index in [1.54, 1.807) is 0 Å². The number of amides is 1. The molecule has 1 N–H and O–H groups in total. The fourth-order valence-electron chi connectivity index (χ4n) is 2.30. The highest BCUT2D eigenvalue weighted by Gasteiger charge is 2.13. The summed E-state index contributed by atoms with van der Waals surface area (Å²) in [5, 5.41) is 0. The fraction of sp³-hybridized carbons (Fsp3) is 0.562. The number of carbonyl (C=O) groups is 1. The Morgan fingerprint density at radius 3 is 2.20 bits per heavy atom. The van der Waals surface area contributed by atoms with Crippen LogP contribution in [0.4, 0.5) is 0 Å². The first kappa shape index (κ1) is 18.9. The molecule has 0 aliphatic rings. The van der Waals surface area contributed by atoms with Crippen LogP contribution in [-0.4, -0.2) is 37.0 Å². The van der Waals surface area contributed by atoms with Gasteiger partial charge >= 0.3 is 0 Å². The van der Waals surface area contributed by atoms with Crippen LogP contribution in [0, 0.1) is 0 Å². The first-order chi connectivity index (χ1) is 9.15. The molecular formula is C16H27ClN2O. The normalized spacial score (nSPS) is 10.2. The van der Waals surface area contributed by atoms with E-state index in [1.807, 2.05) is 36.9 Å². The predicted molar refractivity (Wildman–Crippen MR) is 79.4 cm³/mol. The molecule has 0 bridgehead atoms. The van der Waals surface area contributed by atoms with Crippen LogP contribution in [0.5, 0.6) is 0 Å². The number of hydrogen-bond donors (Lipinski definition) is 1. The molecule has 0 aliphatic heterocycles. The molecule has 0 atom stereocenters. The molecule has 1 aromatic carbocycles. The van der Waals surface area contributed by atoms with Crippen LogP contribution >= 0.6 is 0 Å². The van der Waals surface area contributed by atoms with Gasteiger partial charge in [-0.3, -0.25) is 4.79 Å². The Morgan fingerprint density at radius 2 is 1.70 bits per heavy atom. The Morgan fingerprint density at radius 1 is 1.10 bits per heavy atom. The molecule has 0 aromatic heterocycles. The van der Waals surface area contributed by atoms with Gasteiger partial charge in [-0.2, -0.15) is 0 Å². The molecule has 0 spiro atoms. The number of nitrogens with one attached hydrogen (secondary N) is 1. The van der Waals surface area contributed by atoms with Crippen molar-refractivity contribution in [2.45, 2.75) is 34.2 Å². The van der Waals surface area contributed by atoms with Crippen molar-refractivity contribution in [2.24, 2.45) is 0 Å². The van der Waals surface area contributed by atoms with E-state index in [0.29, 0.717) is 0 Å². The third kappa shape index (κ3) is 5.14. The molecule has 0 unspecified atom stereocenters. The average molecular weight is 299 g/mol. The van der Waals surface area contributed by atoms with Gasteiger partial charge in [0.25, 0.3) is 5.91 Å². The Labute approximate surface area is 129 Å². The zero-order valence-corrected chi connectivity index (χ0v) is 13.8. The monoisotopic (exact) mass is 298 g/mol. The van der Waals surface area contributed by atoms with Crippen molar-refractivity contribution in [1.82, 2.24) is 4.90 Å². The third-order valence-electron chi connectivity index (χ3n) is 3.68. The summed E-state index contributed by atoms with van der Waals surface area (Å²) in [6.07, 6.45) is 0. The van der Waals surface area contributed by atoms with E-state index in [-0.39, 0.29) is 18.3 Å². The van der Waals surface area contributed by atoms with Gasteiger partial charge < -0.3 is 22.2 Å². The quantitative estimate of drug-likeness (QED) is 0.658. The Bertz CT molecular complexity index is 401. The zero-order chi connectivity index (χ0) is 14.3. The predicted octanol–water partition coefficient (Wildman–Crippen LogP) is -1.40. The van der Waals surface area contributed by atoms with Crippen molar-refractivity contribution in [3.05, 3.63) is 35.4 Å². The Kier molecular flexibility index (Phi) is 9.26. The second-order valence-corrected chi connectivity index (χ2v) is 4.81. The minimum Gasteiger partial charge on any atom is -1.00 e. The molecule has 0 aliphatic carbocycles. The second kappa shape index (κ2) is 9.78. The lowest BCUT2D eigenvalue weighted by Crippen LogP contribution is -3.10. The summed E-state index contributed by atoms with van der Waals surface area (Å²) in [7, 11) is 0. The maximum Gasteiger partial charge on any atom is 0.253 e. The fourth-order valence-corrected chi connectivity index (χ4v) is 2.30. The molecule has 3 nitrogen and oxygen atoms in total. The molecule has 0 heterocycles. The molecular weight excluding hydrogens is 272 g/mol. The van der Waals surface area contributed by atoms with Crippen molar-refractivity contribution in [2.75, 3.05) is 26.2 Å². The SMILES string of the molecule is CCN(CC)C(=O)c1cccc(C[NH+](CC)CC)c1.[Cl-]. The number of quaternary nitrogens is 1. The average Bonchev–Trinajstić information content (AvgIpc) is 2.46. The van der Waals surface area contributed by atoms with Gasteiger partial charge in [-0.1, -0.05) is 12.1 Å². The minimum atomic E-state index is 0. The Hall–Kier alpha value is -1.06. The molecule has 1 rings (SSSR count). The van der Waals surface area contributed by atoms with Gasteiger partial charge in [0.1, 0.15) is 6.54 Å². The van der Waals surface area contributed by atoms with Crippen LogP contribution in [0.25, 0.3) is 0 Å². The van der Waals surface area contributed by atoms with Crippen LogP contribution < -0.4 is 17.3 Å². The summed E-state index contributed by atoms with van der Waals surface area (Å²) in [4.78, 5) is 15.7. The number of hydrogen-bond acceptors (Lipinski definition) is 1. The van der Waals surface area contributed by atoms with E-state index in [1.165, 1.54) is 10.5 Å². The van der Waals surface area contributed by atoms with Gasteiger partial charge in [0.05, 0.1) is 13.1 Å². The largest absolute Gasteiger partial charge is 1.00 e. The van der Waals surface area contributed by atoms with Gasteiger partial charge in [0.15, 0.2) is 0 Å². The number of carbonyl (C=O) groups excluding carboxylic acids is 1. The van der Waals surface area contributed by atoms with Crippen LogP contribution in [-0.2, 0) is 6.54 Å². The highest BCUT2D eigenvalue weighted by atomic mass is 35.5. The first-order valence-corrected chi connectivity index (χ1v) is 7.37. The maximum absolute atomic E-state index is 12.3. The number of halogens is 1. The highest BCUT2D eigenvalue weighted by Crippen LogP contribution is 2.08. The summed E-state index contributed by atoms with van der Waals surface area (Å²) >= 11 is 0. The minimum absolute atomic E-state index is 0. The molecule has 0 saturated heterocycles. The van der Waals surface area contributed by atoms with Crippen molar-refractivity contribution in [1.29, 1.82) is 0 Å². The van der Waals surface area contributed by atoms with Gasteiger partial charge in [0.2, 0.25) is 0 Å². The van der Waals surface area contributed by atoms with E-state index in [9.17, 15) is 4.79 Å². The van der Waals surface area contributed by atoms with Gasteiger partial charge in [-0.25, -0.2) is 0 Å². The topological polar surface area (TPSA) is 24.8 Å². The van der Waals surface area contributed by atoms with E-state index >= 15 is 0 Å². The molecule has 0 saturated carbocycles. The second-order valence-electron chi connectivity index (χ2n) is 4.81. The van der Waals surface area contributed by atoms with Crippen LogP contribution in [0.2, 0.25) is 0 Å². The molecule has 114 valence electrons. The van der Waals surface area contributed by atoms with Crippen molar-refractivity contribution >= 4 is 5.91 Å². The van der Waals surface area contributed by atoms with E-state index < -0.39 is 0 Å². The molecule has 4 heteroatoms. The van der Waals surface area contributed by atoms with E-state index in [4.69, 9.17) is 0 Å². The summed E-state index contributed by atoms with van der Waals surface area (Å²) in [6.45, 7) is 13.2. The van der Waals surface area contributed by atoms with Crippen molar-refractivity contribution in [3.63, 3.8) is 0 Å². The molecule has 20 heavy (non-hydrogen) atoms. The summed E-state index contributed by atoms with van der Waals surface area (Å²) < 4.78 is 0. The highest BCUT2D eigenvalue weighted by molar-refractivity contribution is 5.94. The number of benzene rings is 1.